The van der Waals surface area contributed by atoms with E-state index in [-0.39, 0.29) is 10.8 Å². The number of carboxylic acid groups (broad SMARTS) is 1. The van der Waals surface area contributed by atoms with Gasteiger partial charge in [0.1, 0.15) is 23.4 Å². The van der Waals surface area contributed by atoms with Gasteiger partial charge in [-0.1, -0.05) is 23.7 Å². The lowest BCUT2D eigenvalue weighted by molar-refractivity contribution is -0.141. The molecule has 10 heteroatoms. The highest BCUT2D eigenvalue weighted by atomic mass is 35.5. The molecule has 0 aliphatic carbocycles. The number of anilines is 1. The van der Waals surface area contributed by atoms with Crippen LogP contribution in [0.3, 0.4) is 0 Å². The normalized spacial score (nSPS) is 15.9. The molecule has 0 saturated carbocycles. The van der Waals surface area contributed by atoms with Crippen molar-refractivity contribution in [2.75, 3.05) is 25.0 Å². The van der Waals surface area contributed by atoms with Gasteiger partial charge in [0, 0.05) is 42.2 Å². The third-order valence-corrected chi connectivity index (χ3v) is 7.22. The van der Waals surface area contributed by atoms with Gasteiger partial charge in [-0.05, 0) is 74.4 Å². The van der Waals surface area contributed by atoms with E-state index in [1.54, 1.807) is 36.7 Å². The highest BCUT2D eigenvalue weighted by Crippen LogP contribution is 2.35. The van der Waals surface area contributed by atoms with Crippen molar-refractivity contribution >= 4 is 23.3 Å². The number of rotatable bonds is 9. The average Bonchev–Trinajstić information content (AvgIpc) is 3.57. The van der Waals surface area contributed by atoms with Gasteiger partial charge < -0.3 is 15.2 Å². The molecule has 0 bridgehead atoms. The summed E-state index contributed by atoms with van der Waals surface area (Å²) in [6.07, 6.45) is 2.16. The summed E-state index contributed by atoms with van der Waals surface area (Å²) in [5.74, 6) is -1.83. The maximum atomic E-state index is 14.2. The molecular formula is C30H29ClF2N4O3. The van der Waals surface area contributed by atoms with Crippen LogP contribution in [0.25, 0.3) is 16.9 Å². The number of halogens is 3. The Labute approximate surface area is 236 Å². The molecule has 40 heavy (non-hydrogen) atoms. The Morgan fingerprint density at radius 2 is 1.85 bits per heavy atom. The van der Waals surface area contributed by atoms with E-state index in [2.05, 4.69) is 10.2 Å². The molecular weight excluding hydrogens is 538 g/mol. The van der Waals surface area contributed by atoms with Crippen molar-refractivity contribution in [2.45, 2.75) is 32.0 Å². The van der Waals surface area contributed by atoms with Gasteiger partial charge in [-0.3, -0.25) is 4.90 Å². The molecule has 1 saturated heterocycles. The van der Waals surface area contributed by atoms with Gasteiger partial charge in [0.2, 0.25) is 0 Å². The van der Waals surface area contributed by atoms with Crippen LogP contribution in [0.4, 0.5) is 14.5 Å². The Kier molecular flexibility index (Phi) is 7.89. The van der Waals surface area contributed by atoms with E-state index in [0.29, 0.717) is 36.6 Å². The molecule has 1 fully saturated rings. The number of ether oxygens (including phenoxy) is 1. The Morgan fingerprint density at radius 1 is 1.12 bits per heavy atom. The van der Waals surface area contributed by atoms with Crippen LogP contribution in [-0.4, -0.2) is 51.0 Å². The number of carboxylic acids is 1. The maximum Gasteiger partial charge on any atom is 0.328 e. The van der Waals surface area contributed by atoms with Crippen molar-refractivity contribution in [1.82, 2.24) is 14.7 Å². The van der Waals surface area contributed by atoms with Crippen LogP contribution in [0, 0.1) is 11.6 Å². The lowest BCUT2D eigenvalue weighted by atomic mass is 10.0. The Hall–Kier alpha value is -3.79. The highest BCUT2D eigenvalue weighted by Gasteiger charge is 2.31. The molecule has 2 heterocycles. The molecule has 1 aliphatic heterocycles. The molecule has 0 amide bonds. The summed E-state index contributed by atoms with van der Waals surface area (Å²) in [6.45, 7) is 5.16. The molecule has 5 rings (SSSR count). The van der Waals surface area contributed by atoms with E-state index >= 15 is 0 Å². The van der Waals surface area contributed by atoms with Crippen LogP contribution >= 0.6 is 11.6 Å². The van der Waals surface area contributed by atoms with Crippen LogP contribution in [0.5, 0.6) is 0 Å². The standard InChI is InChI=1S/C30H29ClF2N4O3/c1-30(2,29(38)39)34-22-9-3-19(4-10-22)13-14-36-15-16-40-28(36)24-18-37(23-11-12-25(31)26(33)17-23)35-27(24)20-5-7-21(32)8-6-20/h3-12,17-18,28,34H,13-16H2,1-2H3,(H,38,39). The second kappa shape index (κ2) is 11.4. The second-order valence-corrected chi connectivity index (χ2v) is 10.7. The van der Waals surface area contributed by atoms with E-state index in [0.717, 1.165) is 23.2 Å². The number of benzene rings is 3. The Bertz CT molecular complexity index is 1510. The minimum atomic E-state index is -1.08. The van der Waals surface area contributed by atoms with Crippen LogP contribution in [0.15, 0.2) is 72.9 Å². The van der Waals surface area contributed by atoms with Gasteiger partial charge >= 0.3 is 5.97 Å². The first kappa shape index (κ1) is 27.8. The van der Waals surface area contributed by atoms with Crippen molar-refractivity contribution < 1.29 is 23.4 Å². The summed E-state index contributed by atoms with van der Waals surface area (Å²) < 4.78 is 35.6. The predicted octanol–water partition coefficient (Wildman–Crippen LogP) is 6.32. The number of nitrogens with one attached hydrogen (secondary N) is 1. The van der Waals surface area contributed by atoms with E-state index < -0.39 is 23.6 Å². The monoisotopic (exact) mass is 566 g/mol. The molecule has 3 aromatic carbocycles. The minimum Gasteiger partial charge on any atom is -0.480 e. The number of carbonyl (C=O) groups is 1. The van der Waals surface area contributed by atoms with Crippen molar-refractivity contribution in [3.8, 4) is 16.9 Å². The molecule has 4 aromatic rings. The summed E-state index contributed by atoms with van der Waals surface area (Å²) in [4.78, 5) is 13.6. The summed E-state index contributed by atoms with van der Waals surface area (Å²) >= 11 is 5.88. The van der Waals surface area contributed by atoms with E-state index in [4.69, 9.17) is 21.4 Å². The topological polar surface area (TPSA) is 79.6 Å². The molecule has 2 N–H and O–H groups in total. The fraction of sp³-hybridized carbons (Fsp3) is 0.267. The van der Waals surface area contributed by atoms with Crippen molar-refractivity contribution in [3.05, 3.63) is 101 Å². The zero-order valence-electron chi connectivity index (χ0n) is 22.1. The van der Waals surface area contributed by atoms with Crippen LogP contribution in [-0.2, 0) is 16.0 Å². The van der Waals surface area contributed by atoms with Crippen LogP contribution < -0.4 is 5.32 Å². The Balaban J connectivity index is 1.38. The third-order valence-electron chi connectivity index (χ3n) is 6.91. The molecule has 1 aromatic heterocycles. The van der Waals surface area contributed by atoms with Gasteiger partial charge in [0.15, 0.2) is 0 Å². The number of hydrogen-bond donors (Lipinski definition) is 2. The molecule has 7 nitrogen and oxygen atoms in total. The first-order valence-corrected chi connectivity index (χ1v) is 13.3. The van der Waals surface area contributed by atoms with Gasteiger partial charge in [-0.25, -0.2) is 18.3 Å². The molecule has 1 aliphatic rings. The van der Waals surface area contributed by atoms with Crippen molar-refractivity contribution in [3.63, 3.8) is 0 Å². The summed E-state index contributed by atoms with van der Waals surface area (Å²) in [5, 5.41) is 17.1. The lowest BCUT2D eigenvalue weighted by Crippen LogP contribution is -2.39. The molecule has 208 valence electrons. The second-order valence-electron chi connectivity index (χ2n) is 10.2. The maximum absolute atomic E-state index is 14.2. The zero-order chi connectivity index (χ0) is 28.4. The quantitative estimate of drug-likeness (QED) is 0.247. The number of aliphatic carboxylic acids is 1. The zero-order valence-corrected chi connectivity index (χ0v) is 22.8. The van der Waals surface area contributed by atoms with E-state index in [1.807, 2.05) is 30.5 Å². The summed E-state index contributed by atoms with van der Waals surface area (Å²) in [6, 6.07) is 18.3. The van der Waals surface area contributed by atoms with Crippen molar-refractivity contribution in [2.24, 2.45) is 0 Å². The SMILES string of the molecule is CC(C)(Nc1ccc(CCN2CCOC2c2cn(-c3ccc(Cl)c(F)c3)nc2-c2ccc(F)cc2)cc1)C(=O)O. The fourth-order valence-corrected chi connectivity index (χ4v) is 4.74. The summed E-state index contributed by atoms with van der Waals surface area (Å²) in [5.41, 5.74) is 3.36. The average molecular weight is 567 g/mol. The van der Waals surface area contributed by atoms with Crippen molar-refractivity contribution in [1.29, 1.82) is 0 Å². The lowest BCUT2D eigenvalue weighted by Gasteiger charge is -2.24. The smallest absolute Gasteiger partial charge is 0.328 e. The van der Waals surface area contributed by atoms with Gasteiger partial charge in [0.05, 0.1) is 23.0 Å². The first-order chi connectivity index (χ1) is 19.1. The fourth-order valence-electron chi connectivity index (χ4n) is 4.62. The number of aromatic nitrogens is 2. The van der Waals surface area contributed by atoms with Crippen LogP contribution in [0.1, 0.15) is 31.2 Å². The Morgan fingerprint density at radius 3 is 2.52 bits per heavy atom. The van der Waals surface area contributed by atoms with Crippen LogP contribution in [0.2, 0.25) is 5.02 Å². The molecule has 0 spiro atoms. The highest BCUT2D eigenvalue weighted by molar-refractivity contribution is 6.30. The summed E-state index contributed by atoms with van der Waals surface area (Å²) in [7, 11) is 0. The molecule has 1 unspecified atom stereocenters. The van der Waals surface area contributed by atoms with E-state index in [9.17, 15) is 18.7 Å². The molecule has 0 radical (unpaired) electrons. The molecule has 1 atom stereocenters. The largest absolute Gasteiger partial charge is 0.480 e. The third kappa shape index (κ3) is 6.01. The van der Waals surface area contributed by atoms with Gasteiger partial charge in [0.25, 0.3) is 0 Å². The number of hydrogen-bond acceptors (Lipinski definition) is 5. The predicted molar refractivity (Wildman–Crippen MR) is 150 cm³/mol. The first-order valence-electron chi connectivity index (χ1n) is 12.9. The van der Waals surface area contributed by atoms with Gasteiger partial charge in [-0.2, -0.15) is 5.10 Å². The minimum absolute atomic E-state index is 0.0228. The van der Waals surface area contributed by atoms with Gasteiger partial charge in [-0.15, -0.1) is 0 Å². The van der Waals surface area contributed by atoms with E-state index in [1.165, 1.54) is 24.3 Å². The number of nitrogens with zero attached hydrogens (tertiary/aromatic N) is 3.